The SMILES string of the molecule is COCCOCc1cn(Cc2ccc(F)cc2F)c2cnc(C(=O)NO)cc12. The molecule has 148 valence electrons. The van der Waals surface area contributed by atoms with Crippen LogP contribution in [-0.2, 0) is 22.6 Å². The zero-order valence-corrected chi connectivity index (χ0v) is 15.1. The molecular weight excluding hydrogens is 372 g/mol. The van der Waals surface area contributed by atoms with Gasteiger partial charge in [0.1, 0.15) is 17.3 Å². The van der Waals surface area contributed by atoms with Crippen molar-refractivity contribution in [1.29, 1.82) is 0 Å². The number of hydrogen-bond acceptors (Lipinski definition) is 5. The third-order valence-corrected chi connectivity index (χ3v) is 4.23. The first-order valence-corrected chi connectivity index (χ1v) is 8.46. The summed E-state index contributed by atoms with van der Waals surface area (Å²) in [5, 5.41) is 9.50. The Balaban J connectivity index is 1.98. The summed E-state index contributed by atoms with van der Waals surface area (Å²) in [5.74, 6) is -2.04. The maximum absolute atomic E-state index is 14.1. The van der Waals surface area contributed by atoms with Crippen molar-refractivity contribution in [2.24, 2.45) is 0 Å². The number of carbonyl (C=O) groups is 1. The molecule has 0 spiro atoms. The minimum Gasteiger partial charge on any atom is -0.382 e. The van der Waals surface area contributed by atoms with E-state index in [1.54, 1.807) is 23.4 Å². The molecule has 0 aliphatic rings. The van der Waals surface area contributed by atoms with Gasteiger partial charge in [0.15, 0.2) is 0 Å². The van der Waals surface area contributed by atoms with Crippen LogP contribution in [0.4, 0.5) is 8.78 Å². The Hall–Kier alpha value is -2.88. The van der Waals surface area contributed by atoms with Gasteiger partial charge in [-0.2, -0.15) is 0 Å². The van der Waals surface area contributed by atoms with Crippen LogP contribution in [0.2, 0.25) is 0 Å². The second-order valence-corrected chi connectivity index (χ2v) is 6.09. The predicted molar refractivity (Wildman–Crippen MR) is 96.0 cm³/mol. The summed E-state index contributed by atoms with van der Waals surface area (Å²) < 4.78 is 39.5. The molecule has 0 bridgehead atoms. The molecule has 0 aliphatic carbocycles. The van der Waals surface area contributed by atoms with Crippen molar-refractivity contribution in [3.8, 4) is 0 Å². The van der Waals surface area contributed by atoms with Crippen LogP contribution in [0.1, 0.15) is 21.6 Å². The molecule has 7 nitrogen and oxygen atoms in total. The lowest BCUT2D eigenvalue weighted by atomic mass is 10.2. The predicted octanol–water partition coefficient (Wildman–Crippen LogP) is 2.64. The van der Waals surface area contributed by atoms with Crippen molar-refractivity contribution in [2.75, 3.05) is 20.3 Å². The zero-order valence-electron chi connectivity index (χ0n) is 15.1. The first-order chi connectivity index (χ1) is 13.5. The van der Waals surface area contributed by atoms with Gasteiger partial charge in [-0.25, -0.2) is 19.2 Å². The summed E-state index contributed by atoms with van der Waals surface area (Å²) >= 11 is 0. The summed E-state index contributed by atoms with van der Waals surface area (Å²) in [4.78, 5) is 15.7. The third kappa shape index (κ3) is 4.33. The largest absolute Gasteiger partial charge is 0.382 e. The highest BCUT2D eigenvalue weighted by Gasteiger charge is 2.15. The van der Waals surface area contributed by atoms with E-state index in [9.17, 15) is 13.6 Å². The van der Waals surface area contributed by atoms with Crippen molar-refractivity contribution in [1.82, 2.24) is 15.0 Å². The van der Waals surface area contributed by atoms with E-state index < -0.39 is 17.5 Å². The fourth-order valence-corrected chi connectivity index (χ4v) is 2.85. The number of pyridine rings is 1. The van der Waals surface area contributed by atoms with Crippen LogP contribution in [0, 0.1) is 11.6 Å². The Morgan fingerprint density at radius 2 is 2.07 bits per heavy atom. The molecule has 0 fully saturated rings. The number of halogens is 2. The van der Waals surface area contributed by atoms with Gasteiger partial charge in [-0.05, 0) is 12.1 Å². The first-order valence-electron chi connectivity index (χ1n) is 8.46. The number of fused-ring (bicyclic) bond motifs is 1. The molecule has 3 aromatic rings. The summed E-state index contributed by atoms with van der Waals surface area (Å²) in [6.45, 7) is 1.20. The van der Waals surface area contributed by atoms with Crippen LogP contribution < -0.4 is 5.48 Å². The molecule has 28 heavy (non-hydrogen) atoms. The van der Waals surface area contributed by atoms with Gasteiger partial charge >= 0.3 is 0 Å². The van der Waals surface area contributed by atoms with Crippen molar-refractivity contribution >= 4 is 16.8 Å². The van der Waals surface area contributed by atoms with Gasteiger partial charge in [-0.1, -0.05) is 6.07 Å². The Bertz CT molecular complexity index is 991. The molecule has 1 amide bonds. The topological polar surface area (TPSA) is 85.6 Å². The number of carbonyl (C=O) groups excluding carboxylic acids is 1. The molecule has 1 aromatic carbocycles. The van der Waals surface area contributed by atoms with E-state index in [4.69, 9.17) is 14.7 Å². The Labute approximate surface area is 159 Å². The van der Waals surface area contributed by atoms with E-state index >= 15 is 0 Å². The molecule has 2 N–H and O–H groups in total. The van der Waals surface area contributed by atoms with E-state index in [2.05, 4.69) is 4.98 Å². The van der Waals surface area contributed by atoms with E-state index in [1.807, 2.05) is 0 Å². The number of benzene rings is 1. The number of nitrogens with one attached hydrogen (secondary N) is 1. The Morgan fingerprint density at radius 1 is 1.25 bits per heavy atom. The van der Waals surface area contributed by atoms with Crippen molar-refractivity contribution < 1.29 is 28.3 Å². The van der Waals surface area contributed by atoms with Crippen LogP contribution in [0.5, 0.6) is 0 Å². The molecule has 0 radical (unpaired) electrons. The van der Waals surface area contributed by atoms with Crippen LogP contribution in [0.15, 0.2) is 36.7 Å². The lowest BCUT2D eigenvalue weighted by Crippen LogP contribution is -2.19. The lowest BCUT2D eigenvalue weighted by molar-refractivity contribution is 0.0621. The molecule has 3 rings (SSSR count). The van der Waals surface area contributed by atoms with E-state index in [0.717, 1.165) is 11.6 Å². The second-order valence-electron chi connectivity index (χ2n) is 6.09. The fourth-order valence-electron chi connectivity index (χ4n) is 2.85. The summed E-state index contributed by atoms with van der Waals surface area (Å²) in [6, 6.07) is 4.93. The van der Waals surface area contributed by atoms with Crippen molar-refractivity contribution in [3.05, 3.63) is 65.1 Å². The lowest BCUT2D eigenvalue weighted by Gasteiger charge is -2.07. The number of ether oxygens (including phenoxy) is 2. The number of hydroxylamine groups is 1. The van der Waals surface area contributed by atoms with Crippen LogP contribution >= 0.6 is 0 Å². The van der Waals surface area contributed by atoms with Crippen molar-refractivity contribution in [2.45, 2.75) is 13.2 Å². The first kappa shape index (κ1) is 19.9. The Kier molecular flexibility index (Phi) is 6.30. The number of rotatable bonds is 8. The molecule has 0 aliphatic heterocycles. The van der Waals surface area contributed by atoms with Gasteiger partial charge in [0.2, 0.25) is 0 Å². The molecule has 2 aromatic heterocycles. The van der Waals surface area contributed by atoms with Gasteiger partial charge in [0, 0.05) is 35.9 Å². The van der Waals surface area contributed by atoms with Crippen LogP contribution in [-0.4, -0.2) is 41.0 Å². The standard InChI is InChI=1S/C19H19F2N3O4/c1-27-4-5-28-11-13-10-24(9-12-2-3-14(20)6-16(12)21)18-8-22-17(7-15(13)18)19(25)23-26/h2-3,6-8,10,26H,4-5,9,11H2,1H3,(H,23,25). The highest BCUT2D eigenvalue weighted by molar-refractivity contribution is 5.96. The second kappa shape index (κ2) is 8.87. The molecule has 0 saturated heterocycles. The number of aromatic nitrogens is 2. The average Bonchev–Trinajstić information content (AvgIpc) is 3.03. The zero-order chi connectivity index (χ0) is 20.1. The highest BCUT2D eigenvalue weighted by atomic mass is 19.1. The maximum Gasteiger partial charge on any atom is 0.293 e. The highest BCUT2D eigenvalue weighted by Crippen LogP contribution is 2.24. The monoisotopic (exact) mass is 391 g/mol. The summed E-state index contributed by atoms with van der Waals surface area (Å²) in [5.41, 5.74) is 3.27. The quantitative estimate of drug-likeness (QED) is 0.350. The summed E-state index contributed by atoms with van der Waals surface area (Å²) in [6.07, 6.45) is 3.22. The number of nitrogens with zero attached hydrogens (tertiary/aromatic N) is 2. The fraction of sp³-hybridized carbons (Fsp3) is 0.263. The van der Waals surface area contributed by atoms with E-state index in [0.29, 0.717) is 29.7 Å². The van der Waals surface area contributed by atoms with Gasteiger partial charge < -0.3 is 14.0 Å². The minimum absolute atomic E-state index is 0.0267. The molecule has 2 heterocycles. The van der Waals surface area contributed by atoms with Crippen LogP contribution in [0.3, 0.4) is 0 Å². The van der Waals surface area contributed by atoms with Gasteiger partial charge in [-0.15, -0.1) is 0 Å². The molecule has 0 unspecified atom stereocenters. The van der Waals surface area contributed by atoms with E-state index in [-0.39, 0.29) is 18.8 Å². The Morgan fingerprint density at radius 3 is 2.79 bits per heavy atom. The molecule has 9 heteroatoms. The van der Waals surface area contributed by atoms with Gasteiger partial charge in [-0.3, -0.25) is 10.0 Å². The average molecular weight is 391 g/mol. The molecule has 0 saturated carbocycles. The molecule has 0 atom stereocenters. The normalized spacial score (nSPS) is 11.1. The number of hydrogen-bond donors (Lipinski definition) is 2. The third-order valence-electron chi connectivity index (χ3n) is 4.23. The number of amides is 1. The van der Waals surface area contributed by atoms with Crippen molar-refractivity contribution in [3.63, 3.8) is 0 Å². The maximum atomic E-state index is 14.1. The summed E-state index contributed by atoms with van der Waals surface area (Å²) in [7, 11) is 1.57. The van der Waals surface area contributed by atoms with Gasteiger partial charge in [0.25, 0.3) is 5.91 Å². The smallest absolute Gasteiger partial charge is 0.293 e. The van der Waals surface area contributed by atoms with E-state index in [1.165, 1.54) is 24.4 Å². The van der Waals surface area contributed by atoms with Gasteiger partial charge in [0.05, 0.1) is 38.1 Å². The minimum atomic E-state index is -0.745. The number of methoxy groups -OCH3 is 1. The molecular formula is C19H19F2N3O4. The van der Waals surface area contributed by atoms with Crippen LogP contribution in [0.25, 0.3) is 10.9 Å².